The molecule has 0 radical (unpaired) electrons. The summed E-state index contributed by atoms with van der Waals surface area (Å²) in [5.41, 5.74) is 0. The monoisotopic (exact) mass is 317 g/mol. The molecule has 0 aliphatic carbocycles. The zero-order valence-electron chi connectivity index (χ0n) is 12.8. The van der Waals surface area contributed by atoms with Crippen molar-refractivity contribution in [2.24, 2.45) is 0 Å². The third-order valence-corrected chi connectivity index (χ3v) is 3.92. The quantitative estimate of drug-likeness (QED) is 0.765. The molecule has 0 saturated carbocycles. The Bertz CT molecular complexity index is 600. The summed E-state index contributed by atoms with van der Waals surface area (Å²) in [6, 6.07) is 0. The van der Waals surface area contributed by atoms with Gasteiger partial charge in [-0.05, 0) is 0 Å². The van der Waals surface area contributed by atoms with Crippen LogP contribution in [0, 0.1) is 0 Å². The fourth-order valence-corrected chi connectivity index (χ4v) is 2.65. The maximum atomic E-state index is 5.42. The predicted molar refractivity (Wildman–Crippen MR) is 83.0 cm³/mol. The number of morpholine rings is 2. The van der Waals surface area contributed by atoms with Crippen LogP contribution in [0.3, 0.4) is 0 Å². The summed E-state index contributed by atoms with van der Waals surface area (Å²) in [6.45, 7) is 5.92. The van der Waals surface area contributed by atoms with Crippen molar-refractivity contribution < 1.29 is 9.47 Å². The van der Waals surface area contributed by atoms with Crippen LogP contribution in [0.4, 0.5) is 11.9 Å². The van der Waals surface area contributed by atoms with Crippen LogP contribution in [-0.4, -0.2) is 77.1 Å². The van der Waals surface area contributed by atoms with E-state index >= 15 is 0 Å². The van der Waals surface area contributed by atoms with Crippen molar-refractivity contribution in [1.82, 2.24) is 24.5 Å². The maximum Gasteiger partial charge on any atom is 0.241 e. The molecular formula is C14H19N7O2. The highest BCUT2D eigenvalue weighted by Gasteiger charge is 2.21. The molecular weight excluding hydrogens is 298 g/mol. The fraction of sp³-hybridized carbons (Fsp3) is 0.571. The van der Waals surface area contributed by atoms with E-state index in [1.807, 2.05) is 6.20 Å². The van der Waals surface area contributed by atoms with Gasteiger partial charge >= 0.3 is 0 Å². The maximum absolute atomic E-state index is 5.42. The average Bonchev–Trinajstić information content (AvgIpc) is 3.18. The number of hydrogen-bond acceptors (Lipinski definition) is 8. The molecule has 2 saturated heterocycles. The van der Waals surface area contributed by atoms with Crippen molar-refractivity contribution >= 4 is 11.9 Å². The zero-order valence-corrected chi connectivity index (χ0v) is 12.8. The number of ether oxygens (including phenoxy) is 2. The molecule has 2 aromatic rings. The Morgan fingerprint density at radius 1 is 0.739 bits per heavy atom. The summed E-state index contributed by atoms with van der Waals surface area (Å²) in [5, 5.41) is 0. The summed E-state index contributed by atoms with van der Waals surface area (Å²) in [4.78, 5) is 22.2. The van der Waals surface area contributed by atoms with Crippen LogP contribution >= 0.6 is 0 Å². The molecule has 0 spiro atoms. The van der Waals surface area contributed by atoms with Gasteiger partial charge in [0.15, 0.2) is 0 Å². The minimum Gasteiger partial charge on any atom is -0.378 e. The lowest BCUT2D eigenvalue weighted by Gasteiger charge is -2.30. The Labute approximate surface area is 133 Å². The van der Waals surface area contributed by atoms with Gasteiger partial charge in [0, 0.05) is 38.6 Å². The SMILES string of the molecule is c1cn(-c2nc(N3CCOCC3)nc(N3CCOCC3)n2)cn1. The van der Waals surface area contributed by atoms with E-state index < -0.39 is 0 Å². The fourth-order valence-electron chi connectivity index (χ4n) is 2.65. The number of rotatable bonds is 3. The summed E-state index contributed by atoms with van der Waals surface area (Å²) in [6.07, 6.45) is 5.25. The van der Waals surface area contributed by atoms with Crippen LogP contribution in [0.2, 0.25) is 0 Å². The molecule has 23 heavy (non-hydrogen) atoms. The molecule has 0 bridgehead atoms. The second kappa shape index (κ2) is 6.47. The first-order valence-electron chi connectivity index (χ1n) is 7.80. The number of anilines is 2. The van der Waals surface area contributed by atoms with Crippen molar-refractivity contribution in [2.75, 3.05) is 62.4 Å². The van der Waals surface area contributed by atoms with Gasteiger partial charge in [-0.25, -0.2) is 4.98 Å². The molecule has 0 unspecified atom stereocenters. The van der Waals surface area contributed by atoms with Gasteiger partial charge in [-0.3, -0.25) is 4.57 Å². The summed E-state index contributed by atoms with van der Waals surface area (Å²) >= 11 is 0. The van der Waals surface area contributed by atoms with Gasteiger partial charge < -0.3 is 19.3 Å². The lowest BCUT2D eigenvalue weighted by Crippen LogP contribution is -2.40. The number of aromatic nitrogens is 5. The molecule has 9 nitrogen and oxygen atoms in total. The standard InChI is InChI=1S/C14H19N7O2/c1-2-21(11-15-1)14-17-12(19-3-7-22-8-4-19)16-13(18-14)20-5-9-23-10-6-20/h1-2,11H,3-10H2. The van der Waals surface area contributed by atoms with E-state index in [2.05, 4.69) is 29.7 Å². The Morgan fingerprint density at radius 3 is 1.74 bits per heavy atom. The van der Waals surface area contributed by atoms with E-state index in [1.165, 1.54) is 0 Å². The smallest absolute Gasteiger partial charge is 0.241 e. The first-order valence-corrected chi connectivity index (χ1v) is 7.80. The Hall–Kier alpha value is -2.26. The molecule has 0 atom stereocenters. The lowest BCUT2D eigenvalue weighted by atomic mass is 10.4. The van der Waals surface area contributed by atoms with E-state index in [-0.39, 0.29) is 0 Å². The van der Waals surface area contributed by atoms with Crippen LogP contribution in [0.5, 0.6) is 0 Å². The van der Waals surface area contributed by atoms with E-state index in [0.717, 1.165) is 26.2 Å². The van der Waals surface area contributed by atoms with Crippen molar-refractivity contribution in [3.05, 3.63) is 18.7 Å². The van der Waals surface area contributed by atoms with Crippen molar-refractivity contribution in [3.8, 4) is 5.95 Å². The Balaban J connectivity index is 1.70. The second-order valence-electron chi connectivity index (χ2n) is 5.40. The van der Waals surface area contributed by atoms with Gasteiger partial charge in [-0.2, -0.15) is 15.0 Å². The second-order valence-corrected chi connectivity index (χ2v) is 5.40. The highest BCUT2D eigenvalue weighted by Crippen LogP contribution is 2.18. The molecule has 4 rings (SSSR count). The molecule has 2 fully saturated rings. The van der Waals surface area contributed by atoms with Crippen LogP contribution in [0.1, 0.15) is 0 Å². The third-order valence-electron chi connectivity index (χ3n) is 3.92. The van der Waals surface area contributed by atoms with Crippen molar-refractivity contribution in [1.29, 1.82) is 0 Å². The van der Waals surface area contributed by atoms with E-state index in [4.69, 9.17) is 9.47 Å². The normalized spacial score (nSPS) is 19.1. The minimum absolute atomic E-state index is 0.584. The average molecular weight is 317 g/mol. The number of hydrogen-bond donors (Lipinski definition) is 0. The minimum atomic E-state index is 0.584. The molecule has 0 aromatic carbocycles. The molecule has 2 aromatic heterocycles. The summed E-state index contributed by atoms with van der Waals surface area (Å²) in [5.74, 6) is 1.96. The molecule has 9 heteroatoms. The Morgan fingerprint density at radius 2 is 1.26 bits per heavy atom. The molecule has 2 aliphatic rings. The molecule has 4 heterocycles. The van der Waals surface area contributed by atoms with Gasteiger partial charge in [-0.1, -0.05) is 0 Å². The van der Waals surface area contributed by atoms with Gasteiger partial charge in [0.05, 0.1) is 26.4 Å². The van der Waals surface area contributed by atoms with Gasteiger partial charge in [0.2, 0.25) is 17.8 Å². The molecule has 122 valence electrons. The molecule has 0 amide bonds. The first kappa shape index (κ1) is 14.3. The lowest BCUT2D eigenvalue weighted by molar-refractivity contribution is 0.121. The van der Waals surface area contributed by atoms with Gasteiger partial charge in [0.25, 0.3) is 0 Å². The predicted octanol–water partition coefficient (Wildman–Crippen LogP) is -0.269. The highest BCUT2D eigenvalue weighted by molar-refractivity contribution is 5.42. The Kier molecular flexibility index (Phi) is 4.03. The highest BCUT2D eigenvalue weighted by atomic mass is 16.5. The van der Waals surface area contributed by atoms with Gasteiger partial charge in [0.1, 0.15) is 6.33 Å². The van der Waals surface area contributed by atoms with Gasteiger partial charge in [-0.15, -0.1) is 0 Å². The summed E-state index contributed by atoms with van der Waals surface area (Å²) < 4.78 is 12.6. The summed E-state index contributed by atoms with van der Waals surface area (Å²) in [7, 11) is 0. The molecule has 2 aliphatic heterocycles. The van der Waals surface area contributed by atoms with E-state index in [9.17, 15) is 0 Å². The van der Waals surface area contributed by atoms with Crippen LogP contribution < -0.4 is 9.80 Å². The molecule has 0 N–H and O–H groups in total. The van der Waals surface area contributed by atoms with Crippen LogP contribution in [-0.2, 0) is 9.47 Å². The number of imidazole rings is 1. The van der Waals surface area contributed by atoms with Crippen molar-refractivity contribution in [2.45, 2.75) is 0 Å². The number of nitrogens with zero attached hydrogens (tertiary/aromatic N) is 7. The first-order chi connectivity index (χ1) is 11.4. The van der Waals surface area contributed by atoms with Crippen LogP contribution in [0.15, 0.2) is 18.7 Å². The third kappa shape index (κ3) is 3.10. The zero-order chi connectivity index (χ0) is 15.5. The van der Waals surface area contributed by atoms with Crippen molar-refractivity contribution in [3.63, 3.8) is 0 Å². The van der Waals surface area contributed by atoms with E-state index in [1.54, 1.807) is 17.1 Å². The largest absolute Gasteiger partial charge is 0.378 e. The van der Waals surface area contributed by atoms with E-state index in [0.29, 0.717) is 44.3 Å². The topological polar surface area (TPSA) is 81.4 Å². The van der Waals surface area contributed by atoms with Crippen LogP contribution in [0.25, 0.3) is 5.95 Å².